The second-order valence-electron chi connectivity index (χ2n) is 6.77. The minimum atomic E-state index is -0.356. The van der Waals surface area contributed by atoms with Crippen LogP contribution in [0.3, 0.4) is 0 Å². The van der Waals surface area contributed by atoms with Gasteiger partial charge in [-0.3, -0.25) is 0 Å². The number of urea groups is 1. The van der Waals surface area contributed by atoms with Crippen LogP contribution in [0.4, 0.5) is 14.9 Å². The summed E-state index contributed by atoms with van der Waals surface area (Å²) in [5.74, 6) is 1.28. The first kappa shape index (κ1) is 20.3. The molecule has 1 aromatic heterocycles. The van der Waals surface area contributed by atoms with E-state index < -0.39 is 0 Å². The first-order valence-corrected chi connectivity index (χ1v) is 9.20. The molecule has 0 saturated heterocycles. The van der Waals surface area contributed by atoms with Crippen molar-refractivity contribution >= 4 is 11.7 Å². The molecule has 0 spiro atoms. The van der Waals surface area contributed by atoms with Gasteiger partial charge in [0.05, 0.1) is 0 Å². The summed E-state index contributed by atoms with van der Waals surface area (Å²) < 4.78 is 23.9. The van der Waals surface area contributed by atoms with E-state index in [1.54, 1.807) is 7.05 Å². The molecule has 1 N–H and O–H groups in total. The molecule has 2 amide bonds. The number of hydrogen-bond donors (Lipinski definition) is 1. The fourth-order valence-corrected chi connectivity index (χ4v) is 2.67. The monoisotopic (exact) mass is 398 g/mol. The summed E-state index contributed by atoms with van der Waals surface area (Å²) >= 11 is 0. The van der Waals surface area contributed by atoms with Gasteiger partial charge >= 0.3 is 6.03 Å². The number of aryl methyl sites for hydroxylation is 2. The van der Waals surface area contributed by atoms with Crippen molar-refractivity contribution in [2.75, 3.05) is 18.9 Å². The van der Waals surface area contributed by atoms with Gasteiger partial charge in [-0.2, -0.15) is 4.98 Å². The van der Waals surface area contributed by atoms with E-state index >= 15 is 0 Å². The summed E-state index contributed by atoms with van der Waals surface area (Å²) in [6, 6.07) is 11.2. The third-order valence-electron chi connectivity index (χ3n) is 4.30. The molecule has 0 aliphatic carbocycles. The number of anilines is 1. The Bertz CT molecular complexity index is 972. The molecular formula is C21H23FN4O3. The highest BCUT2D eigenvalue weighted by molar-refractivity contribution is 5.89. The van der Waals surface area contributed by atoms with E-state index in [1.165, 1.54) is 34.7 Å². The van der Waals surface area contributed by atoms with Gasteiger partial charge in [-0.1, -0.05) is 22.9 Å². The second kappa shape index (κ2) is 9.18. The molecule has 0 bridgehead atoms. The van der Waals surface area contributed by atoms with Crippen LogP contribution < -0.4 is 10.1 Å². The number of aromatic nitrogens is 2. The highest BCUT2D eigenvalue weighted by atomic mass is 19.1. The summed E-state index contributed by atoms with van der Waals surface area (Å²) in [7, 11) is 1.66. The second-order valence-corrected chi connectivity index (χ2v) is 6.77. The maximum absolute atomic E-state index is 12.9. The van der Waals surface area contributed by atoms with Gasteiger partial charge in [0.1, 0.15) is 11.6 Å². The number of nitrogens with one attached hydrogen (secondary N) is 1. The molecule has 0 saturated carbocycles. The van der Waals surface area contributed by atoms with Crippen LogP contribution in [-0.2, 0) is 13.0 Å². The largest absolute Gasteiger partial charge is 0.483 e. The molecule has 0 unspecified atom stereocenters. The van der Waals surface area contributed by atoms with Crippen LogP contribution in [0.25, 0.3) is 0 Å². The smallest absolute Gasteiger partial charge is 0.321 e. The Balaban J connectivity index is 1.46. The average molecular weight is 398 g/mol. The molecule has 2 aromatic carbocycles. The molecule has 0 radical (unpaired) electrons. The summed E-state index contributed by atoms with van der Waals surface area (Å²) in [5.41, 5.74) is 2.73. The third-order valence-corrected chi connectivity index (χ3v) is 4.30. The lowest BCUT2D eigenvalue weighted by molar-refractivity contribution is 0.222. The van der Waals surface area contributed by atoms with E-state index in [1.807, 2.05) is 32.0 Å². The van der Waals surface area contributed by atoms with Crippen molar-refractivity contribution in [1.29, 1.82) is 0 Å². The van der Waals surface area contributed by atoms with Crippen molar-refractivity contribution in [3.8, 4) is 5.75 Å². The van der Waals surface area contributed by atoms with Gasteiger partial charge in [0, 0.05) is 25.7 Å². The molecule has 7 nitrogen and oxygen atoms in total. The van der Waals surface area contributed by atoms with Crippen LogP contribution in [0.2, 0.25) is 0 Å². The average Bonchev–Trinajstić information content (AvgIpc) is 3.15. The first-order chi connectivity index (χ1) is 13.9. The number of carbonyl (C=O) groups excluding carboxylic acids is 1. The Morgan fingerprint density at radius 2 is 1.97 bits per heavy atom. The van der Waals surface area contributed by atoms with E-state index in [4.69, 9.17) is 9.26 Å². The predicted octanol–water partition coefficient (Wildman–Crippen LogP) is 4.11. The van der Waals surface area contributed by atoms with Crippen molar-refractivity contribution in [3.63, 3.8) is 0 Å². The zero-order valence-electron chi connectivity index (χ0n) is 16.6. The molecule has 0 fully saturated rings. The third kappa shape index (κ3) is 5.78. The number of amides is 2. The number of nitrogens with zero attached hydrogens (tertiary/aromatic N) is 3. The highest BCUT2D eigenvalue weighted by Gasteiger charge is 2.12. The Morgan fingerprint density at radius 1 is 1.21 bits per heavy atom. The quantitative estimate of drug-likeness (QED) is 0.648. The minimum absolute atomic E-state index is 0.178. The molecule has 3 rings (SSSR count). The molecule has 8 heteroatoms. The van der Waals surface area contributed by atoms with Crippen LogP contribution >= 0.6 is 0 Å². The van der Waals surface area contributed by atoms with E-state index in [2.05, 4.69) is 15.5 Å². The molecule has 0 aliphatic rings. The fraction of sp³-hybridized carbons (Fsp3) is 0.286. The van der Waals surface area contributed by atoms with Crippen molar-refractivity contribution in [3.05, 3.63) is 71.1 Å². The van der Waals surface area contributed by atoms with Crippen LogP contribution in [-0.4, -0.2) is 34.7 Å². The maximum atomic E-state index is 12.9. The Kier molecular flexibility index (Phi) is 6.43. The maximum Gasteiger partial charge on any atom is 0.321 e. The van der Waals surface area contributed by atoms with Crippen LogP contribution in [0.1, 0.15) is 22.8 Å². The lowest BCUT2D eigenvalue weighted by Crippen LogP contribution is -2.33. The van der Waals surface area contributed by atoms with Crippen molar-refractivity contribution in [1.82, 2.24) is 15.0 Å². The van der Waals surface area contributed by atoms with Gasteiger partial charge in [-0.25, -0.2) is 9.18 Å². The number of hydrogen-bond acceptors (Lipinski definition) is 5. The predicted molar refractivity (Wildman–Crippen MR) is 106 cm³/mol. The summed E-state index contributed by atoms with van der Waals surface area (Å²) in [4.78, 5) is 18.0. The van der Waals surface area contributed by atoms with Gasteiger partial charge in [0.25, 0.3) is 5.89 Å². The van der Waals surface area contributed by atoms with Crippen molar-refractivity contribution in [2.45, 2.75) is 26.9 Å². The Morgan fingerprint density at radius 3 is 2.69 bits per heavy atom. The molecule has 1 heterocycles. The minimum Gasteiger partial charge on any atom is -0.483 e. The fourth-order valence-electron chi connectivity index (χ4n) is 2.67. The van der Waals surface area contributed by atoms with E-state index in [9.17, 15) is 9.18 Å². The van der Waals surface area contributed by atoms with E-state index in [0.29, 0.717) is 30.4 Å². The SMILES string of the molecule is Cc1ccc(OCc2nc(CCN(C)C(=O)Nc3ccc(F)cc3)no2)c(C)c1. The highest BCUT2D eigenvalue weighted by Crippen LogP contribution is 2.19. The molecule has 29 heavy (non-hydrogen) atoms. The summed E-state index contributed by atoms with van der Waals surface area (Å²) in [5, 5.41) is 6.62. The zero-order valence-corrected chi connectivity index (χ0v) is 16.6. The van der Waals surface area contributed by atoms with E-state index in [0.717, 1.165) is 11.3 Å². The Hall–Kier alpha value is -3.42. The lowest BCUT2D eigenvalue weighted by Gasteiger charge is -2.17. The first-order valence-electron chi connectivity index (χ1n) is 9.20. The zero-order chi connectivity index (χ0) is 20.8. The van der Waals surface area contributed by atoms with Gasteiger partial charge in [-0.15, -0.1) is 0 Å². The molecule has 0 aliphatic heterocycles. The number of likely N-dealkylation sites (N-methyl/N-ethyl adjacent to an activating group) is 1. The summed E-state index contributed by atoms with van der Waals surface area (Å²) in [6.45, 7) is 4.58. The Labute approximate surface area is 168 Å². The van der Waals surface area contributed by atoms with Gasteiger partial charge in [0.2, 0.25) is 0 Å². The van der Waals surface area contributed by atoms with Crippen LogP contribution in [0, 0.1) is 19.7 Å². The number of rotatable bonds is 7. The van der Waals surface area contributed by atoms with Gasteiger partial charge in [-0.05, 0) is 49.7 Å². The van der Waals surface area contributed by atoms with Crippen LogP contribution in [0.15, 0.2) is 47.0 Å². The van der Waals surface area contributed by atoms with Gasteiger partial charge in [0.15, 0.2) is 12.4 Å². The normalized spacial score (nSPS) is 10.6. The topological polar surface area (TPSA) is 80.5 Å². The molecular weight excluding hydrogens is 375 g/mol. The molecule has 0 atom stereocenters. The molecule has 152 valence electrons. The molecule has 3 aromatic rings. The van der Waals surface area contributed by atoms with E-state index in [-0.39, 0.29) is 18.5 Å². The number of ether oxygens (including phenoxy) is 1. The van der Waals surface area contributed by atoms with Gasteiger partial charge < -0.3 is 19.5 Å². The lowest BCUT2D eigenvalue weighted by atomic mass is 10.1. The number of halogens is 1. The van der Waals surface area contributed by atoms with Crippen molar-refractivity contribution < 1.29 is 18.4 Å². The number of benzene rings is 2. The van der Waals surface area contributed by atoms with Crippen molar-refractivity contribution in [2.24, 2.45) is 0 Å². The summed E-state index contributed by atoms with van der Waals surface area (Å²) in [6.07, 6.45) is 0.431. The van der Waals surface area contributed by atoms with Crippen LogP contribution in [0.5, 0.6) is 5.75 Å². The standard InChI is InChI=1S/C21H23FN4O3/c1-14-4-9-18(15(2)12-14)28-13-20-24-19(25-29-20)10-11-26(3)21(27)23-17-7-5-16(22)6-8-17/h4-9,12H,10-11,13H2,1-3H3,(H,23,27). The number of carbonyl (C=O) groups is 1.